The van der Waals surface area contributed by atoms with Crippen molar-refractivity contribution in [2.75, 3.05) is 0 Å². The number of carbonyl (C=O) groups is 2. The predicted octanol–water partition coefficient (Wildman–Crippen LogP) is -4.50. The van der Waals surface area contributed by atoms with E-state index in [4.69, 9.17) is 0 Å². The average molecular weight is 122 g/mol. The van der Waals surface area contributed by atoms with E-state index in [1.807, 2.05) is 0 Å². The Labute approximate surface area is 68.7 Å². The molecule has 0 bridgehead atoms. The van der Waals surface area contributed by atoms with Crippen LogP contribution in [0.5, 0.6) is 0 Å². The van der Waals surface area contributed by atoms with Gasteiger partial charge in [0.1, 0.15) is 6.29 Å². The molecule has 0 heterocycles. The fraction of sp³-hybridized carbons (Fsp3) is 0. The maximum Gasteiger partial charge on any atom is 1.00 e. The SMILES string of the molecule is O=C/C=C/C(=O)[O-].[Na+]. The minimum atomic E-state index is -1.35. The predicted molar refractivity (Wildman–Crippen MR) is 20.2 cm³/mol. The van der Waals surface area contributed by atoms with Gasteiger partial charge in [-0.25, -0.2) is 0 Å². The molecule has 0 saturated heterocycles. The summed E-state index contributed by atoms with van der Waals surface area (Å²) in [6.07, 6.45) is 1.89. The number of aliphatic carboxylic acids is 1. The fourth-order valence-electron chi connectivity index (χ4n) is 0.118. The van der Waals surface area contributed by atoms with Crippen LogP contribution in [-0.2, 0) is 9.59 Å². The Hall–Kier alpha value is -0.120. The molecule has 0 aromatic rings. The molecule has 0 aliphatic carbocycles. The van der Waals surface area contributed by atoms with Gasteiger partial charge in [0.05, 0.1) is 5.97 Å². The maximum atomic E-state index is 9.40. The summed E-state index contributed by atoms with van der Waals surface area (Å²) < 4.78 is 0. The average Bonchev–Trinajstić information content (AvgIpc) is 1.61. The Bertz CT molecular complexity index is 108. The van der Waals surface area contributed by atoms with E-state index in [2.05, 4.69) is 0 Å². The zero-order valence-electron chi connectivity index (χ0n) is 4.46. The number of carboxylic acid groups (broad SMARTS) is 1. The number of hydrogen-bond acceptors (Lipinski definition) is 3. The molecule has 0 atom stereocenters. The van der Waals surface area contributed by atoms with Gasteiger partial charge in [-0.05, 0) is 12.2 Å². The Morgan fingerprint density at radius 3 is 2.12 bits per heavy atom. The van der Waals surface area contributed by atoms with Crippen LogP contribution in [-0.4, -0.2) is 12.3 Å². The first-order chi connectivity index (χ1) is 3.27. The molecule has 0 amide bonds. The van der Waals surface area contributed by atoms with Gasteiger partial charge in [-0.2, -0.15) is 0 Å². The van der Waals surface area contributed by atoms with Gasteiger partial charge in [0.2, 0.25) is 0 Å². The van der Waals surface area contributed by atoms with E-state index in [9.17, 15) is 14.7 Å². The van der Waals surface area contributed by atoms with E-state index >= 15 is 0 Å². The third kappa shape index (κ3) is 9.30. The molecule has 0 aromatic carbocycles. The van der Waals surface area contributed by atoms with E-state index in [1.165, 1.54) is 0 Å². The molecule has 0 unspecified atom stereocenters. The first-order valence-corrected chi connectivity index (χ1v) is 1.60. The molecule has 8 heavy (non-hydrogen) atoms. The summed E-state index contributed by atoms with van der Waals surface area (Å²) in [5, 5.41) is 9.40. The van der Waals surface area contributed by atoms with Crippen molar-refractivity contribution in [3.8, 4) is 0 Å². The molecule has 0 aliphatic rings. The van der Waals surface area contributed by atoms with Crippen molar-refractivity contribution in [2.24, 2.45) is 0 Å². The Morgan fingerprint density at radius 2 is 2.00 bits per heavy atom. The van der Waals surface area contributed by atoms with Crippen molar-refractivity contribution < 1.29 is 44.3 Å². The topological polar surface area (TPSA) is 57.2 Å². The van der Waals surface area contributed by atoms with Crippen LogP contribution in [0.25, 0.3) is 0 Å². The van der Waals surface area contributed by atoms with Crippen molar-refractivity contribution in [1.29, 1.82) is 0 Å². The third-order valence-corrected chi connectivity index (χ3v) is 0.311. The van der Waals surface area contributed by atoms with Crippen molar-refractivity contribution in [1.82, 2.24) is 0 Å². The normalized spacial score (nSPS) is 8.00. The van der Waals surface area contributed by atoms with Gasteiger partial charge >= 0.3 is 29.6 Å². The van der Waals surface area contributed by atoms with Crippen LogP contribution in [0.1, 0.15) is 0 Å². The summed E-state index contributed by atoms with van der Waals surface area (Å²) in [5.41, 5.74) is 0. The molecule has 0 rings (SSSR count). The number of rotatable bonds is 2. The Balaban J connectivity index is 0. The number of aldehydes is 1. The molecule has 0 saturated carbocycles. The molecule has 3 nitrogen and oxygen atoms in total. The van der Waals surface area contributed by atoms with Gasteiger partial charge in [-0.15, -0.1) is 0 Å². The maximum absolute atomic E-state index is 9.40. The largest absolute Gasteiger partial charge is 1.00 e. The first kappa shape index (κ1) is 10.8. The van der Waals surface area contributed by atoms with Crippen LogP contribution in [0.15, 0.2) is 12.2 Å². The van der Waals surface area contributed by atoms with Crippen LogP contribution in [0.3, 0.4) is 0 Å². The minimum absolute atomic E-state index is 0. The summed E-state index contributed by atoms with van der Waals surface area (Å²) in [5.74, 6) is -1.35. The molecule has 0 spiro atoms. The fourth-order valence-corrected chi connectivity index (χ4v) is 0.118. The number of carbonyl (C=O) groups excluding carboxylic acids is 2. The number of hydrogen-bond donors (Lipinski definition) is 0. The van der Waals surface area contributed by atoms with Gasteiger partial charge in [-0.3, -0.25) is 4.79 Å². The van der Waals surface area contributed by atoms with Crippen LogP contribution >= 0.6 is 0 Å². The van der Waals surface area contributed by atoms with Crippen LogP contribution in [0.4, 0.5) is 0 Å². The second-order valence-electron chi connectivity index (χ2n) is 0.814. The molecule has 4 heteroatoms. The van der Waals surface area contributed by atoms with Gasteiger partial charge in [-0.1, -0.05) is 0 Å². The van der Waals surface area contributed by atoms with E-state index in [1.54, 1.807) is 0 Å². The molecule has 0 fully saturated rings. The van der Waals surface area contributed by atoms with Gasteiger partial charge in [0, 0.05) is 0 Å². The third-order valence-electron chi connectivity index (χ3n) is 0.311. The van der Waals surface area contributed by atoms with Crippen molar-refractivity contribution in [2.45, 2.75) is 0 Å². The molecule has 0 aromatic heterocycles. The van der Waals surface area contributed by atoms with Crippen molar-refractivity contribution >= 4 is 12.3 Å². The number of carboxylic acids is 1. The summed E-state index contributed by atoms with van der Waals surface area (Å²) in [4.78, 5) is 18.7. The second kappa shape index (κ2) is 6.88. The van der Waals surface area contributed by atoms with Crippen LogP contribution in [0, 0.1) is 0 Å². The summed E-state index contributed by atoms with van der Waals surface area (Å²) in [6.45, 7) is 0. The van der Waals surface area contributed by atoms with E-state index in [0.29, 0.717) is 12.4 Å². The quantitative estimate of drug-likeness (QED) is 0.211. The molecular weight excluding hydrogens is 119 g/mol. The molecule has 0 aliphatic heterocycles. The van der Waals surface area contributed by atoms with Gasteiger partial charge in [0.15, 0.2) is 0 Å². The van der Waals surface area contributed by atoms with Crippen LogP contribution in [0.2, 0.25) is 0 Å². The molecule has 38 valence electrons. The first-order valence-electron chi connectivity index (χ1n) is 1.60. The minimum Gasteiger partial charge on any atom is -0.545 e. The van der Waals surface area contributed by atoms with Crippen molar-refractivity contribution in [3.05, 3.63) is 12.2 Å². The number of allylic oxidation sites excluding steroid dienone is 1. The standard InChI is InChI=1S/C4H4O3.Na/c5-3-1-2-4(6)7;/h1-3H,(H,6,7);/q;+1/p-1/b2-1+;. The Kier molecular flexibility index (Phi) is 9.28. The smallest absolute Gasteiger partial charge is 0.545 e. The Morgan fingerprint density at radius 1 is 1.50 bits per heavy atom. The zero-order chi connectivity index (χ0) is 5.70. The summed E-state index contributed by atoms with van der Waals surface area (Å²) in [6, 6.07) is 0. The molecule has 0 radical (unpaired) electrons. The van der Waals surface area contributed by atoms with Gasteiger partial charge < -0.3 is 9.90 Å². The summed E-state index contributed by atoms with van der Waals surface area (Å²) >= 11 is 0. The molecule has 0 N–H and O–H groups in total. The zero-order valence-corrected chi connectivity index (χ0v) is 6.46. The monoisotopic (exact) mass is 122 g/mol. The molecular formula is C4H3NaO3. The second-order valence-corrected chi connectivity index (χ2v) is 0.814. The van der Waals surface area contributed by atoms with E-state index < -0.39 is 5.97 Å². The van der Waals surface area contributed by atoms with Crippen molar-refractivity contribution in [3.63, 3.8) is 0 Å². The van der Waals surface area contributed by atoms with Crippen LogP contribution < -0.4 is 34.7 Å². The van der Waals surface area contributed by atoms with E-state index in [0.717, 1.165) is 6.08 Å². The van der Waals surface area contributed by atoms with Gasteiger partial charge in [0.25, 0.3) is 0 Å². The van der Waals surface area contributed by atoms with E-state index in [-0.39, 0.29) is 29.6 Å². The summed E-state index contributed by atoms with van der Waals surface area (Å²) in [7, 11) is 0.